The minimum atomic E-state index is -1.29. The van der Waals surface area contributed by atoms with E-state index in [1.165, 1.54) is 111 Å². The zero-order valence-corrected chi connectivity index (χ0v) is 28.5. The molecule has 3 fully saturated rings. The molecule has 47 heavy (non-hydrogen) atoms. The lowest BCUT2D eigenvalue weighted by Crippen LogP contribution is -2.21. The van der Waals surface area contributed by atoms with Gasteiger partial charge in [0, 0.05) is 0 Å². The second kappa shape index (κ2) is 16.6. The molecule has 0 amide bonds. The molecule has 3 saturated carbocycles. The Morgan fingerprint density at radius 3 is 1.04 bits per heavy atom. The van der Waals surface area contributed by atoms with Crippen LogP contribution in [0.25, 0.3) is 0 Å². The molecular formula is C43H49FO2S. The largest absolute Gasteiger partial charge is 0.545 e. The Labute approximate surface area is 284 Å². The topological polar surface area (TPSA) is 40.1 Å². The van der Waals surface area contributed by atoms with Crippen molar-refractivity contribution in [2.24, 2.45) is 0 Å². The molecule has 0 aliphatic heterocycles. The molecule has 0 spiro atoms. The van der Waals surface area contributed by atoms with Crippen molar-refractivity contribution in [2.75, 3.05) is 0 Å². The number of carboxylic acid groups (broad SMARTS) is 1. The van der Waals surface area contributed by atoms with E-state index in [-0.39, 0.29) is 16.5 Å². The summed E-state index contributed by atoms with van der Waals surface area (Å²) >= 11 is 0. The van der Waals surface area contributed by atoms with Crippen LogP contribution in [0.3, 0.4) is 0 Å². The molecule has 0 saturated heterocycles. The molecule has 4 aromatic carbocycles. The Morgan fingerprint density at radius 2 is 0.766 bits per heavy atom. The fraction of sp³-hybridized carbons (Fsp3) is 0.419. The third kappa shape index (κ3) is 8.96. The van der Waals surface area contributed by atoms with Crippen molar-refractivity contribution >= 4 is 16.9 Å². The molecule has 7 rings (SSSR count). The fourth-order valence-electron chi connectivity index (χ4n) is 7.93. The number of carbonyl (C=O) groups is 1. The highest BCUT2D eigenvalue weighted by Gasteiger charge is 2.30. The predicted octanol–water partition coefficient (Wildman–Crippen LogP) is 11.1. The van der Waals surface area contributed by atoms with Gasteiger partial charge in [-0.05, 0) is 127 Å². The first-order valence-electron chi connectivity index (χ1n) is 18.1. The Bertz CT molecular complexity index is 1380. The van der Waals surface area contributed by atoms with Gasteiger partial charge in [0.05, 0.1) is 16.9 Å². The Balaban J connectivity index is 0.000000332. The molecule has 3 aliphatic rings. The van der Waals surface area contributed by atoms with E-state index in [0.29, 0.717) is 0 Å². The number of halogens is 1. The van der Waals surface area contributed by atoms with Crippen molar-refractivity contribution < 1.29 is 14.3 Å². The van der Waals surface area contributed by atoms with Crippen LogP contribution < -0.4 is 5.11 Å². The number of hydrogen-bond acceptors (Lipinski definition) is 2. The smallest absolute Gasteiger partial charge is 0.166 e. The highest BCUT2D eigenvalue weighted by Crippen LogP contribution is 2.39. The first-order chi connectivity index (χ1) is 23.0. The van der Waals surface area contributed by atoms with E-state index in [1.807, 2.05) is 0 Å². The molecule has 4 heteroatoms. The summed E-state index contributed by atoms with van der Waals surface area (Å²) in [5.41, 5.74) is 4.67. The predicted molar refractivity (Wildman–Crippen MR) is 190 cm³/mol. The van der Waals surface area contributed by atoms with Gasteiger partial charge in [-0.25, -0.2) is 4.39 Å². The van der Waals surface area contributed by atoms with Crippen LogP contribution in [0.4, 0.5) is 4.39 Å². The second-order valence-corrected chi connectivity index (χ2v) is 15.8. The summed E-state index contributed by atoms with van der Waals surface area (Å²) in [6.45, 7) is 0. The van der Waals surface area contributed by atoms with Gasteiger partial charge in [-0.3, -0.25) is 0 Å². The van der Waals surface area contributed by atoms with Crippen molar-refractivity contribution in [1.82, 2.24) is 0 Å². The SMILES string of the molecule is O=C([O-])c1ccc(F)cc1.c1cc([S+](c2ccc(C3CCCCC3)cc2)c2ccc(C3CCCCC3)cc2)ccc1C1CCCCC1. The highest BCUT2D eigenvalue weighted by atomic mass is 32.2. The van der Waals surface area contributed by atoms with E-state index in [4.69, 9.17) is 0 Å². The lowest BCUT2D eigenvalue weighted by molar-refractivity contribution is -0.255. The van der Waals surface area contributed by atoms with Gasteiger partial charge in [-0.1, -0.05) is 106 Å². The van der Waals surface area contributed by atoms with Crippen LogP contribution in [0.5, 0.6) is 0 Å². The maximum absolute atomic E-state index is 12.1. The molecule has 0 unspecified atom stereocenters. The van der Waals surface area contributed by atoms with Gasteiger partial charge in [-0.2, -0.15) is 0 Å². The Morgan fingerprint density at radius 1 is 0.468 bits per heavy atom. The molecule has 0 N–H and O–H groups in total. The molecule has 0 atom stereocenters. The summed E-state index contributed by atoms with van der Waals surface area (Å²) in [5, 5.41) is 10.1. The van der Waals surface area contributed by atoms with Crippen molar-refractivity contribution in [1.29, 1.82) is 0 Å². The van der Waals surface area contributed by atoms with Crippen molar-refractivity contribution in [2.45, 2.75) is 129 Å². The van der Waals surface area contributed by atoms with Gasteiger partial charge >= 0.3 is 0 Å². The highest BCUT2D eigenvalue weighted by molar-refractivity contribution is 7.97. The number of benzene rings is 4. The molecule has 2 nitrogen and oxygen atoms in total. The zero-order chi connectivity index (χ0) is 32.4. The minimum Gasteiger partial charge on any atom is -0.545 e. The Hall–Kier alpha value is -3.37. The molecular weight excluding hydrogens is 600 g/mol. The van der Waals surface area contributed by atoms with Crippen LogP contribution in [-0.2, 0) is 10.9 Å². The lowest BCUT2D eigenvalue weighted by atomic mass is 9.84. The number of carbonyl (C=O) groups excluding carboxylic acids is 1. The quantitative estimate of drug-likeness (QED) is 0.187. The van der Waals surface area contributed by atoms with Crippen LogP contribution in [0, 0.1) is 5.82 Å². The van der Waals surface area contributed by atoms with Gasteiger partial charge < -0.3 is 9.90 Å². The summed E-state index contributed by atoms with van der Waals surface area (Å²) in [5.74, 6) is 0.572. The normalized spacial score (nSPS) is 18.0. The third-order valence-corrected chi connectivity index (χ3v) is 12.9. The number of carboxylic acids is 1. The average Bonchev–Trinajstić information content (AvgIpc) is 3.14. The van der Waals surface area contributed by atoms with E-state index >= 15 is 0 Å². The van der Waals surface area contributed by atoms with E-state index in [9.17, 15) is 14.3 Å². The van der Waals surface area contributed by atoms with Gasteiger partial charge in [-0.15, -0.1) is 0 Å². The molecule has 0 radical (unpaired) electrons. The average molecular weight is 649 g/mol. The molecule has 246 valence electrons. The number of hydrogen-bond donors (Lipinski definition) is 0. The summed E-state index contributed by atoms with van der Waals surface area (Å²) < 4.78 is 12.1. The third-order valence-electron chi connectivity index (χ3n) is 10.7. The summed E-state index contributed by atoms with van der Waals surface area (Å²) in [6.07, 6.45) is 20.9. The van der Waals surface area contributed by atoms with Crippen LogP contribution >= 0.6 is 0 Å². The number of aromatic carboxylic acids is 1. The summed E-state index contributed by atoms with van der Waals surface area (Å²) in [7, 11) is -0.0542. The molecule has 0 bridgehead atoms. The van der Waals surface area contributed by atoms with E-state index < -0.39 is 11.8 Å². The monoisotopic (exact) mass is 648 g/mol. The summed E-state index contributed by atoms with van der Waals surface area (Å²) in [6, 6.07) is 33.9. The minimum absolute atomic E-state index is 0.0126. The van der Waals surface area contributed by atoms with Gasteiger partial charge in [0.1, 0.15) is 5.82 Å². The summed E-state index contributed by atoms with van der Waals surface area (Å²) in [4.78, 5) is 14.5. The van der Waals surface area contributed by atoms with Gasteiger partial charge in [0.2, 0.25) is 0 Å². The van der Waals surface area contributed by atoms with Crippen LogP contribution in [0.15, 0.2) is 112 Å². The van der Waals surface area contributed by atoms with Crippen LogP contribution in [0.1, 0.15) is 141 Å². The molecule has 4 aromatic rings. The first kappa shape index (κ1) is 33.5. The van der Waals surface area contributed by atoms with Crippen LogP contribution in [0.2, 0.25) is 0 Å². The Kier molecular flexibility index (Phi) is 11.9. The van der Waals surface area contributed by atoms with E-state index in [2.05, 4.69) is 72.8 Å². The first-order valence-corrected chi connectivity index (χ1v) is 19.3. The number of rotatable bonds is 7. The second-order valence-electron chi connectivity index (χ2n) is 13.8. The molecule has 3 aliphatic carbocycles. The maximum atomic E-state index is 12.1. The maximum Gasteiger partial charge on any atom is 0.166 e. The van der Waals surface area contributed by atoms with E-state index in [1.54, 1.807) is 16.7 Å². The van der Waals surface area contributed by atoms with Crippen molar-refractivity contribution in [3.05, 3.63) is 125 Å². The molecule has 0 heterocycles. The van der Waals surface area contributed by atoms with Crippen LogP contribution in [-0.4, -0.2) is 5.97 Å². The fourth-order valence-corrected chi connectivity index (χ4v) is 9.97. The lowest BCUT2D eigenvalue weighted by Gasteiger charge is -2.23. The van der Waals surface area contributed by atoms with E-state index in [0.717, 1.165) is 42.0 Å². The van der Waals surface area contributed by atoms with Gasteiger partial charge in [0.25, 0.3) is 0 Å². The van der Waals surface area contributed by atoms with Gasteiger partial charge in [0.15, 0.2) is 14.7 Å². The zero-order valence-electron chi connectivity index (χ0n) is 27.7. The standard InChI is InChI=1S/C36H45S.C7H5FO2/c1-4-10-28(11-5-1)31-16-22-34(23-17-31)37(35-24-18-32(19-25-35)29-12-6-2-7-13-29)36-26-20-33(21-27-36)30-14-8-3-9-15-30;8-6-3-1-5(2-4-6)7(9)10/h16-30H,1-15H2;1-4H,(H,9,10)/q+1;/p-1. The van der Waals surface area contributed by atoms with Crippen molar-refractivity contribution in [3.8, 4) is 0 Å². The molecule has 0 aromatic heterocycles. The van der Waals surface area contributed by atoms with Crippen molar-refractivity contribution in [3.63, 3.8) is 0 Å².